The number of rotatable bonds is 2. The van der Waals surface area contributed by atoms with Gasteiger partial charge in [0.15, 0.2) is 0 Å². The number of nitriles is 1. The first-order chi connectivity index (χ1) is 11.1. The number of nitrogens with one attached hydrogen (secondary N) is 1. The number of aromatic nitrogens is 2. The monoisotopic (exact) mass is 302 g/mol. The Balaban J connectivity index is 1.91. The first-order valence-electron chi connectivity index (χ1n) is 7.13. The molecule has 0 saturated heterocycles. The van der Waals surface area contributed by atoms with Crippen LogP contribution in [0, 0.1) is 25.2 Å². The smallest absolute Gasteiger partial charge is 0.255 e. The van der Waals surface area contributed by atoms with E-state index < -0.39 is 0 Å². The summed E-state index contributed by atoms with van der Waals surface area (Å²) < 4.78 is 0. The lowest BCUT2D eigenvalue weighted by molar-refractivity contribution is 0.102. The summed E-state index contributed by atoms with van der Waals surface area (Å²) in [5.74, 6) is -0.248. The molecule has 0 atom stereocenters. The Labute approximate surface area is 133 Å². The summed E-state index contributed by atoms with van der Waals surface area (Å²) in [4.78, 5) is 21.3. The molecule has 0 spiro atoms. The zero-order valence-electron chi connectivity index (χ0n) is 12.8. The molecule has 0 saturated carbocycles. The van der Waals surface area contributed by atoms with Crippen molar-refractivity contribution in [1.29, 1.82) is 5.26 Å². The zero-order valence-corrected chi connectivity index (χ0v) is 12.8. The molecule has 3 rings (SSSR count). The van der Waals surface area contributed by atoms with E-state index in [1.54, 1.807) is 42.5 Å². The van der Waals surface area contributed by atoms with Crippen LogP contribution in [0.1, 0.15) is 27.3 Å². The van der Waals surface area contributed by atoms with Crippen LogP contribution < -0.4 is 5.32 Å². The predicted molar refractivity (Wildman–Crippen MR) is 88.1 cm³/mol. The van der Waals surface area contributed by atoms with Gasteiger partial charge in [-0.05, 0) is 50.2 Å². The highest BCUT2D eigenvalue weighted by Crippen LogP contribution is 2.16. The molecule has 1 N–H and O–H groups in total. The van der Waals surface area contributed by atoms with Crippen LogP contribution in [0.3, 0.4) is 0 Å². The highest BCUT2D eigenvalue weighted by Gasteiger charge is 2.09. The number of fused-ring (bicyclic) bond motifs is 1. The fraction of sp³-hybridized carbons (Fsp3) is 0.111. The van der Waals surface area contributed by atoms with Crippen LogP contribution in [0.2, 0.25) is 0 Å². The minimum Gasteiger partial charge on any atom is -0.322 e. The number of carbonyl (C=O) groups excluding carboxylic acids is 1. The average Bonchev–Trinajstić information content (AvgIpc) is 2.55. The van der Waals surface area contributed by atoms with E-state index in [2.05, 4.69) is 15.3 Å². The third kappa shape index (κ3) is 3.01. The molecule has 0 aliphatic heterocycles. The van der Waals surface area contributed by atoms with Crippen molar-refractivity contribution < 1.29 is 4.79 Å². The van der Waals surface area contributed by atoms with Crippen LogP contribution >= 0.6 is 0 Å². The molecule has 0 unspecified atom stereocenters. The molecule has 0 aliphatic carbocycles. The molecule has 5 heteroatoms. The van der Waals surface area contributed by atoms with Crippen LogP contribution in [-0.2, 0) is 0 Å². The predicted octanol–water partition coefficient (Wildman–Crippen LogP) is 3.37. The van der Waals surface area contributed by atoms with E-state index in [9.17, 15) is 4.79 Å². The topological polar surface area (TPSA) is 78.7 Å². The maximum absolute atomic E-state index is 12.4. The van der Waals surface area contributed by atoms with Gasteiger partial charge in [0, 0.05) is 11.3 Å². The van der Waals surface area contributed by atoms with Crippen LogP contribution in [-0.4, -0.2) is 15.9 Å². The average molecular weight is 302 g/mol. The lowest BCUT2D eigenvalue weighted by Gasteiger charge is -2.07. The Hall–Kier alpha value is -3.26. The molecule has 1 heterocycles. The van der Waals surface area contributed by atoms with E-state index in [-0.39, 0.29) is 5.91 Å². The van der Waals surface area contributed by atoms with Crippen molar-refractivity contribution in [2.45, 2.75) is 13.8 Å². The van der Waals surface area contributed by atoms with Crippen molar-refractivity contribution in [2.24, 2.45) is 0 Å². The lowest BCUT2D eigenvalue weighted by atomic mass is 10.1. The van der Waals surface area contributed by atoms with Gasteiger partial charge in [0.1, 0.15) is 0 Å². The maximum atomic E-state index is 12.4. The van der Waals surface area contributed by atoms with Gasteiger partial charge in [-0.3, -0.25) is 4.79 Å². The van der Waals surface area contributed by atoms with Crippen LogP contribution in [0.25, 0.3) is 11.0 Å². The van der Waals surface area contributed by atoms with Gasteiger partial charge < -0.3 is 5.32 Å². The molecule has 0 radical (unpaired) electrons. The first-order valence-corrected chi connectivity index (χ1v) is 7.13. The zero-order chi connectivity index (χ0) is 16.4. The number of hydrogen-bond acceptors (Lipinski definition) is 4. The second kappa shape index (κ2) is 5.85. The molecule has 23 heavy (non-hydrogen) atoms. The fourth-order valence-corrected chi connectivity index (χ4v) is 2.24. The minimum atomic E-state index is -0.248. The van der Waals surface area contributed by atoms with Gasteiger partial charge in [0.2, 0.25) is 0 Å². The molecule has 3 aromatic rings. The summed E-state index contributed by atoms with van der Waals surface area (Å²) in [6, 6.07) is 14.1. The molecular formula is C18H14N4O. The Bertz CT molecular complexity index is 957. The molecule has 2 aromatic carbocycles. The van der Waals surface area contributed by atoms with Crippen molar-refractivity contribution in [1.82, 2.24) is 9.97 Å². The van der Waals surface area contributed by atoms with E-state index >= 15 is 0 Å². The summed E-state index contributed by atoms with van der Waals surface area (Å²) in [5, 5.41) is 11.7. The van der Waals surface area contributed by atoms with Crippen molar-refractivity contribution in [3.05, 3.63) is 65.0 Å². The first kappa shape index (κ1) is 14.7. The summed E-state index contributed by atoms with van der Waals surface area (Å²) in [5.41, 5.74) is 4.75. The molecule has 0 bridgehead atoms. The number of amides is 1. The number of aryl methyl sites for hydroxylation is 2. The molecule has 5 nitrogen and oxygen atoms in total. The SMILES string of the molecule is Cc1nc2ccc(C(=O)Nc3cccc(C#N)c3)cc2nc1C. The standard InChI is InChI=1S/C18H14N4O/c1-11-12(2)21-17-9-14(6-7-16(17)20-11)18(23)22-15-5-3-4-13(8-15)10-19/h3-9H,1-2H3,(H,22,23). The lowest BCUT2D eigenvalue weighted by Crippen LogP contribution is -2.12. The van der Waals surface area contributed by atoms with Gasteiger partial charge in [0.05, 0.1) is 34.1 Å². The van der Waals surface area contributed by atoms with Gasteiger partial charge in [-0.2, -0.15) is 5.26 Å². The van der Waals surface area contributed by atoms with E-state index in [1.807, 2.05) is 19.9 Å². The molecule has 0 fully saturated rings. The Kier molecular flexibility index (Phi) is 3.73. The van der Waals surface area contributed by atoms with E-state index in [0.29, 0.717) is 22.3 Å². The number of benzene rings is 2. The number of hydrogen-bond donors (Lipinski definition) is 1. The summed E-state index contributed by atoms with van der Waals surface area (Å²) in [7, 11) is 0. The highest BCUT2D eigenvalue weighted by atomic mass is 16.1. The van der Waals surface area contributed by atoms with E-state index in [0.717, 1.165) is 16.9 Å². The molecule has 1 aromatic heterocycles. The highest BCUT2D eigenvalue weighted by molar-refractivity contribution is 6.05. The number of carbonyl (C=O) groups is 1. The Morgan fingerprint density at radius 2 is 1.78 bits per heavy atom. The Morgan fingerprint density at radius 3 is 2.52 bits per heavy atom. The molecular weight excluding hydrogens is 288 g/mol. The molecule has 0 aliphatic rings. The van der Waals surface area contributed by atoms with Crippen molar-refractivity contribution >= 4 is 22.6 Å². The minimum absolute atomic E-state index is 0.248. The quantitative estimate of drug-likeness (QED) is 0.787. The second-order valence-corrected chi connectivity index (χ2v) is 5.24. The largest absolute Gasteiger partial charge is 0.322 e. The molecule has 1 amide bonds. The normalized spacial score (nSPS) is 10.3. The van der Waals surface area contributed by atoms with Crippen molar-refractivity contribution in [3.8, 4) is 6.07 Å². The van der Waals surface area contributed by atoms with Crippen molar-refractivity contribution in [3.63, 3.8) is 0 Å². The fourth-order valence-electron chi connectivity index (χ4n) is 2.24. The summed E-state index contributed by atoms with van der Waals surface area (Å²) in [6.45, 7) is 3.80. The Morgan fingerprint density at radius 1 is 1.04 bits per heavy atom. The van der Waals surface area contributed by atoms with Gasteiger partial charge in [0.25, 0.3) is 5.91 Å². The third-order valence-corrected chi connectivity index (χ3v) is 3.59. The van der Waals surface area contributed by atoms with Crippen LogP contribution in [0.5, 0.6) is 0 Å². The van der Waals surface area contributed by atoms with Gasteiger partial charge in [-0.1, -0.05) is 6.07 Å². The number of nitrogens with zero attached hydrogens (tertiary/aromatic N) is 3. The molecule has 112 valence electrons. The van der Waals surface area contributed by atoms with Gasteiger partial charge >= 0.3 is 0 Å². The van der Waals surface area contributed by atoms with E-state index in [4.69, 9.17) is 5.26 Å². The summed E-state index contributed by atoms with van der Waals surface area (Å²) >= 11 is 0. The second-order valence-electron chi connectivity index (χ2n) is 5.24. The van der Waals surface area contributed by atoms with Crippen molar-refractivity contribution in [2.75, 3.05) is 5.32 Å². The van der Waals surface area contributed by atoms with Gasteiger partial charge in [-0.25, -0.2) is 9.97 Å². The maximum Gasteiger partial charge on any atom is 0.255 e. The number of anilines is 1. The van der Waals surface area contributed by atoms with Crippen LogP contribution in [0.4, 0.5) is 5.69 Å². The van der Waals surface area contributed by atoms with E-state index in [1.165, 1.54) is 0 Å². The summed E-state index contributed by atoms with van der Waals surface area (Å²) in [6.07, 6.45) is 0. The van der Waals surface area contributed by atoms with Gasteiger partial charge in [-0.15, -0.1) is 0 Å². The third-order valence-electron chi connectivity index (χ3n) is 3.59. The van der Waals surface area contributed by atoms with Crippen LogP contribution in [0.15, 0.2) is 42.5 Å².